The molecule has 0 bridgehead atoms. The summed E-state index contributed by atoms with van der Waals surface area (Å²) in [6.07, 6.45) is 110. The standard InChI is InChI=1S/C64H118O9.C63H122O9.CH4/c1-7-11-14-38-47-61(68-5)49-41-32-26-20-17-23-29-35-44-58(65)53-70-56-64(73-55-60(67)46-37-31-25-18-21-27-33-42-50-62(69-6)48-39-15-12-8-2)57-71-54-59(66)45-36-30-24-19-22-28-34-43-52-63(72-10-4)51-40-16-13-9-3;1-7-10-13-37-46-60(67-4)49-40-31-25-19-16-22-28-34-43-57(64)52-70-55-63(72-54-59(66)45-36-30-24-18-21-27-33-42-51-62(69-6)48-39-15-12-9-3)56-71-53-58(65)44-35-29-23-17-20-26-32-41-50-61(68-5)47-38-14-11-8-2;/h32-34,41-43,61-64H,7-31,35-40,44-57H2,1-6H3;60-63H,7-56H2,1-6H3;1H4/b41-32-,42-33-,43-34-;;. The molecule has 0 heterocycles. The van der Waals surface area contributed by atoms with E-state index in [0.717, 1.165) is 193 Å². The lowest BCUT2D eigenvalue weighted by molar-refractivity contribution is -0.135. The molecule has 0 fully saturated rings. The highest BCUT2D eigenvalue weighted by molar-refractivity contribution is 5.81. The van der Waals surface area contributed by atoms with Crippen LogP contribution in [0.15, 0.2) is 36.5 Å². The fraction of sp³-hybridized carbons (Fsp3) is 0.906. The Morgan fingerprint density at radius 3 is 0.555 bits per heavy atom. The van der Waals surface area contributed by atoms with Gasteiger partial charge in [-0.05, 0) is 161 Å². The van der Waals surface area contributed by atoms with Gasteiger partial charge in [0.25, 0.3) is 0 Å². The van der Waals surface area contributed by atoms with Gasteiger partial charge in [-0.2, -0.15) is 0 Å². The molecule has 0 aliphatic rings. The van der Waals surface area contributed by atoms with E-state index in [2.05, 4.69) is 84.9 Å². The zero-order valence-corrected chi connectivity index (χ0v) is 97.6. The highest BCUT2D eigenvalue weighted by atomic mass is 16.6. The van der Waals surface area contributed by atoms with Crippen LogP contribution in [0.25, 0.3) is 0 Å². The van der Waals surface area contributed by atoms with E-state index in [9.17, 15) is 28.8 Å². The largest absolute Gasteiger partial charge is 0.381 e. The summed E-state index contributed by atoms with van der Waals surface area (Å²) in [5, 5.41) is 0. The van der Waals surface area contributed by atoms with Gasteiger partial charge < -0.3 is 56.8 Å². The summed E-state index contributed by atoms with van der Waals surface area (Å²) in [6, 6.07) is 0. The number of hydrogen-bond acceptors (Lipinski definition) is 18. The average molecular weight is 2070 g/mol. The Labute approximate surface area is 903 Å². The molecular formula is C128H244O18. The Morgan fingerprint density at radius 2 is 0.349 bits per heavy atom. The number of unbranched alkanes of at least 4 members (excludes halogenated alkanes) is 54. The number of rotatable bonds is 122. The fourth-order valence-corrected chi connectivity index (χ4v) is 19.2. The van der Waals surface area contributed by atoms with Gasteiger partial charge in [0.2, 0.25) is 0 Å². The molecule has 0 radical (unpaired) electrons. The highest BCUT2D eigenvalue weighted by Crippen LogP contribution is 2.25. The molecule has 18 nitrogen and oxygen atoms in total. The number of carbonyl (C=O) groups excluding carboxylic acids is 6. The monoisotopic (exact) mass is 2070 g/mol. The summed E-state index contributed by atoms with van der Waals surface area (Å²) >= 11 is 0. The topological polar surface area (TPSA) is 213 Å². The quantitative estimate of drug-likeness (QED) is 0.0409. The molecule has 18 heteroatoms. The van der Waals surface area contributed by atoms with Crippen LogP contribution in [-0.2, 0) is 85.6 Å². The first-order valence-electron chi connectivity index (χ1n) is 62.0. The third-order valence-electron chi connectivity index (χ3n) is 28.9. The van der Waals surface area contributed by atoms with Crippen molar-refractivity contribution in [3.63, 3.8) is 0 Å². The Balaban J connectivity index is -0.00000278. The molecule has 0 saturated carbocycles. The van der Waals surface area contributed by atoms with E-state index in [1.54, 1.807) is 0 Å². The van der Waals surface area contributed by atoms with E-state index in [1.165, 1.54) is 315 Å². The van der Waals surface area contributed by atoms with E-state index in [1.807, 2.05) is 35.5 Å². The summed E-state index contributed by atoms with van der Waals surface area (Å²) < 4.78 is 69.8. The number of ketones is 6. The SMILES string of the molecule is C.CCCCCCC(C/C=C\CCCCCCCC(=O)COCC(COCC(=O)CCCCCCC/C=C\CC(CCCCCC)OCC)OCC(=O)CCCCCCC/C=C\CC(CCCCCC)OC)OC.CCCCCCC(CCCCCCCCCCC(=O)COCC(COCC(=O)CCCCCCCCCCC(CCCCCC)OC)OCC(=O)CCCCCCCCCCC(CCCCCC)OC)OC. The normalized spacial score (nSPS) is 13.5. The van der Waals surface area contributed by atoms with Gasteiger partial charge in [-0.25, -0.2) is 0 Å². The molecule has 0 spiro atoms. The van der Waals surface area contributed by atoms with Crippen molar-refractivity contribution in [2.24, 2.45) is 0 Å². The van der Waals surface area contributed by atoms with Crippen LogP contribution in [0.4, 0.5) is 0 Å². The molecule has 7 unspecified atom stereocenters. The maximum Gasteiger partial charge on any atom is 0.158 e. The van der Waals surface area contributed by atoms with E-state index in [4.69, 9.17) is 56.8 Å². The number of ether oxygens (including phenoxy) is 12. The molecule has 864 valence electrons. The van der Waals surface area contributed by atoms with Crippen molar-refractivity contribution in [1.82, 2.24) is 0 Å². The second-order valence-corrected chi connectivity index (χ2v) is 42.8. The molecule has 7 atom stereocenters. The lowest BCUT2D eigenvalue weighted by Gasteiger charge is -2.18. The minimum Gasteiger partial charge on any atom is -0.381 e. The van der Waals surface area contributed by atoms with Gasteiger partial charge in [-0.15, -0.1) is 0 Å². The first-order chi connectivity index (χ1) is 71.1. The highest BCUT2D eigenvalue weighted by Gasteiger charge is 2.20. The molecule has 146 heavy (non-hydrogen) atoms. The minimum atomic E-state index is -0.525. The third kappa shape index (κ3) is 110. The van der Waals surface area contributed by atoms with Crippen molar-refractivity contribution >= 4 is 34.7 Å². The van der Waals surface area contributed by atoms with Crippen LogP contribution in [0, 0.1) is 0 Å². The third-order valence-corrected chi connectivity index (χ3v) is 28.9. The van der Waals surface area contributed by atoms with Crippen LogP contribution in [0.3, 0.4) is 0 Å². The summed E-state index contributed by atoms with van der Waals surface area (Å²) in [5.74, 6) is 0.494. The Hall–Kier alpha value is -3.24. The Bertz CT molecular complexity index is 2720. The molecule has 0 amide bonds. The Morgan fingerprint density at radius 1 is 0.178 bits per heavy atom. The van der Waals surface area contributed by atoms with Crippen LogP contribution in [0.5, 0.6) is 0 Å². The molecule has 0 aliphatic carbocycles. The van der Waals surface area contributed by atoms with Crippen LogP contribution < -0.4 is 0 Å². The first-order valence-corrected chi connectivity index (χ1v) is 62.0. The van der Waals surface area contributed by atoms with Crippen LogP contribution in [-0.4, -0.2) is 192 Å². The van der Waals surface area contributed by atoms with E-state index < -0.39 is 12.2 Å². The van der Waals surface area contributed by atoms with Gasteiger partial charge in [-0.3, -0.25) is 28.8 Å². The smallest absolute Gasteiger partial charge is 0.158 e. The summed E-state index contributed by atoms with van der Waals surface area (Å²) in [7, 11) is 9.23. The van der Waals surface area contributed by atoms with Crippen molar-refractivity contribution in [2.75, 3.05) is 108 Å². The average Bonchev–Trinajstić information content (AvgIpc) is 0.958. The van der Waals surface area contributed by atoms with Crippen LogP contribution in [0.1, 0.15) is 595 Å². The van der Waals surface area contributed by atoms with Gasteiger partial charge in [0.1, 0.15) is 51.8 Å². The molecule has 0 aromatic rings. The Kier molecular flexibility index (Phi) is 123. The minimum absolute atomic E-state index is 0. The lowest BCUT2D eigenvalue weighted by atomic mass is 10.0. The lowest BCUT2D eigenvalue weighted by Crippen LogP contribution is -2.30. The van der Waals surface area contributed by atoms with Crippen molar-refractivity contribution < 1.29 is 85.6 Å². The van der Waals surface area contributed by atoms with Gasteiger partial charge in [0, 0.05) is 80.7 Å². The second-order valence-electron chi connectivity index (χ2n) is 42.8. The number of carbonyl (C=O) groups is 6. The summed E-state index contributed by atoms with van der Waals surface area (Å²) in [6.45, 7) is 17.1. The maximum absolute atomic E-state index is 12.8. The fourth-order valence-electron chi connectivity index (χ4n) is 19.2. The van der Waals surface area contributed by atoms with E-state index in [0.29, 0.717) is 75.1 Å². The van der Waals surface area contributed by atoms with E-state index >= 15 is 0 Å². The van der Waals surface area contributed by atoms with Crippen LogP contribution in [0.2, 0.25) is 0 Å². The molecule has 0 aromatic heterocycles. The molecule has 0 saturated heterocycles. The predicted octanol–water partition coefficient (Wildman–Crippen LogP) is 35.9. The van der Waals surface area contributed by atoms with Gasteiger partial charge >= 0.3 is 0 Å². The van der Waals surface area contributed by atoms with Gasteiger partial charge in [0.05, 0.1) is 63.1 Å². The zero-order chi connectivity index (χ0) is 106. The van der Waals surface area contributed by atoms with E-state index in [-0.39, 0.29) is 108 Å². The number of methoxy groups -OCH3 is 5. The number of allylic oxidation sites excluding steroid dienone is 3. The van der Waals surface area contributed by atoms with Crippen molar-refractivity contribution in [3.8, 4) is 0 Å². The maximum atomic E-state index is 12.8. The van der Waals surface area contributed by atoms with Crippen molar-refractivity contribution in [1.29, 1.82) is 0 Å². The molecule has 0 rings (SSSR count). The molecule has 0 N–H and O–H groups in total. The van der Waals surface area contributed by atoms with Gasteiger partial charge in [0.15, 0.2) is 34.7 Å². The second kappa shape index (κ2) is 122. The zero-order valence-electron chi connectivity index (χ0n) is 97.6. The molecule has 0 aliphatic heterocycles. The number of Topliss-reactive ketones (excluding diaryl/α,β-unsaturated/α-hetero) is 6. The summed E-state index contributed by atoms with van der Waals surface area (Å²) in [4.78, 5) is 76.5. The van der Waals surface area contributed by atoms with Crippen molar-refractivity contribution in [3.05, 3.63) is 36.5 Å². The number of hydrogen-bond donors (Lipinski definition) is 0. The molecular weight excluding hydrogens is 1830 g/mol. The van der Waals surface area contributed by atoms with Gasteiger partial charge in [-0.1, -0.05) is 432 Å². The first kappa shape index (κ1) is 147. The van der Waals surface area contributed by atoms with Crippen molar-refractivity contribution in [2.45, 2.75) is 644 Å². The van der Waals surface area contributed by atoms with Crippen LogP contribution >= 0.6 is 0 Å². The summed E-state index contributed by atoms with van der Waals surface area (Å²) in [5.41, 5.74) is 0. The predicted molar refractivity (Wildman–Crippen MR) is 618 cm³/mol. The molecule has 0 aromatic carbocycles.